The highest BCUT2D eigenvalue weighted by Crippen LogP contribution is 2.47. The van der Waals surface area contributed by atoms with E-state index in [-0.39, 0.29) is 23.2 Å². The van der Waals surface area contributed by atoms with Crippen molar-refractivity contribution in [3.05, 3.63) is 36.0 Å². The highest BCUT2D eigenvalue weighted by atomic mass is 16.5. The van der Waals surface area contributed by atoms with E-state index in [9.17, 15) is 4.79 Å². The fraction of sp³-hybridized carbons (Fsp3) is 0.562. The molecule has 0 unspecified atom stereocenters. The summed E-state index contributed by atoms with van der Waals surface area (Å²) < 4.78 is 5.97. The van der Waals surface area contributed by atoms with Gasteiger partial charge in [-0.15, -0.1) is 6.58 Å². The fourth-order valence-corrected chi connectivity index (χ4v) is 3.21. The van der Waals surface area contributed by atoms with Crippen molar-refractivity contribution in [2.45, 2.75) is 39.7 Å². The minimum Gasteiger partial charge on any atom is -0.373 e. The van der Waals surface area contributed by atoms with E-state index in [0.29, 0.717) is 13.0 Å². The lowest BCUT2D eigenvalue weighted by molar-refractivity contribution is -0.115. The fourth-order valence-electron chi connectivity index (χ4n) is 3.21. The minimum absolute atomic E-state index is 0.0167. The number of hydrogen-bond acceptors (Lipinski definition) is 2. The van der Waals surface area contributed by atoms with Crippen LogP contribution >= 0.6 is 0 Å². The monoisotopic (exact) mass is 246 g/mol. The average Bonchev–Trinajstić information content (AvgIpc) is 2.73. The number of hydrogen-bond donors (Lipinski definition) is 0. The van der Waals surface area contributed by atoms with Crippen LogP contribution in [-0.2, 0) is 9.53 Å². The molecule has 2 atom stereocenters. The first kappa shape index (κ1) is 13.3. The summed E-state index contributed by atoms with van der Waals surface area (Å²) in [5, 5.41) is 0. The van der Waals surface area contributed by atoms with E-state index in [1.54, 1.807) is 0 Å². The third-order valence-corrected chi connectivity index (χ3v) is 3.99. The molecule has 18 heavy (non-hydrogen) atoms. The van der Waals surface area contributed by atoms with Gasteiger partial charge in [-0.2, -0.15) is 0 Å². The molecular formula is C16H22O2. The first-order valence-electron chi connectivity index (χ1n) is 6.54. The van der Waals surface area contributed by atoms with E-state index >= 15 is 0 Å². The minimum atomic E-state index is -0.0167. The largest absolute Gasteiger partial charge is 0.373 e. The van der Waals surface area contributed by atoms with Crippen LogP contribution < -0.4 is 0 Å². The molecule has 2 nitrogen and oxygen atoms in total. The highest BCUT2D eigenvalue weighted by Gasteiger charge is 2.47. The molecule has 0 amide bonds. The van der Waals surface area contributed by atoms with E-state index < -0.39 is 0 Å². The number of ether oxygens (including phenoxy) is 1. The Morgan fingerprint density at radius 2 is 2.22 bits per heavy atom. The van der Waals surface area contributed by atoms with Crippen molar-refractivity contribution in [2.75, 3.05) is 6.61 Å². The molecule has 98 valence electrons. The molecule has 1 heterocycles. The van der Waals surface area contributed by atoms with Crippen LogP contribution in [0.3, 0.4) is 0 Å². The zero-order valence-electron chi connectivity index (χ0n) is 11.6. The summed E-state index contributed by atoms with van der Waals surface area (Å²) in [7, 11) is 0. The predicted molar refractivity (Wildman–Crippen MR) is 73.3 cm³/mol. The van der Waals surface area contributed by atoms with Gasteiger partial charge in [0.25, 0.3) is 0 Å². The van der Waals surface area contributed by atoms with Gasteiger partial charge in [-0.1, -0.05) is 26.5 Å². The van der Waals surface area contributed by atoms with Crippen molar-refractivity contribution in [2.24, 2.45) is 11.3 Å². The highest BCUT2D eigenvalue weighted by molar-refractivity contribution is 6.03. The Bertz CT molecular complexity index is 440. The number of Topliss-reactive ketones (excluding diaryl/α,β-unsaturated/α-hetero) is 1. The molecule has 0 aromatic heterocycles. The summed E-state index contributed by atoms with van der Waals surface area (Å²) in [6.45, 7) is 14.7. The average molecular weight is 246 g/mol. The second-order valence-electron chi connectivity index (χ2n) is 6.13. The maximum Gasteiger partial charge on any atom is 0.163 e. The molecule has 2 rings (SSSR count). The van der Waals surface area contributed by atoms with E-state index in [2.05, 4.69) is 27.0 Å². The number of allylic oxidation sites excluding steroid dienone is 3. The summed E-state index contributed by atoms with van der Waals surface area (Å²) in [6, 6.07) is 0. The molecule has 1 fully saturated rings. The number of ketones is 1. The summed E-state index contributed by atoms with van der Waals surface area (Å²) in [4.78, 5) is 12.1. The Morgan fingerprint density at radius 3 is 2.78 bits per heavy atom. The third kappa shape index (κ3) is 1.99. The summed E-state index contributed by atoms with van der Waals surface area (Å²) in [6.07, 6.45) is 3.43. The van der Waals surface area contributed by atoms with Gasteiger partial charge >= 0.3 is 0 Å². The molecule has 0 radical (unpaired) electrons. The molecule has 0 saturated carbocycles. The quantitative estimate of drug-likeness (QED) is 0.710. The van der Waals surface area contributed by atoms with Crippen molar-refractivity contribution < 1.29 is 9.53 Å². The third-order valence-electron chi connectivity index (χ3n) is 3.99. The lowest BCUT2D eigenvalue weighted by Gasteiger charge is -2.31. The lowest BCUT2D eigenvalue weighted by Crippen LogP contribution is -2.30. The van der Waals surface area contributed by atoms with Crippen LogP contribution in [0.1, 0.15) is 33.6 Å². The molecule has 0 aromatic rings. The zero-order chi connectivity index (χ0) is 13.5. The Balaban J connectivity index is 2.43. The number of carbonyl (C=O) groups excluding carboxylic acids is 1. The summed E-state index contributed by atoms with van der Waals surface area (Å²) >= 11 is 0. The Kier molecular flexibility index (Phi) is 3.33. The molecular weight excluding hydrogens is 224 g/mol. The lowest BCUT2D eigenvalue weighted by atomic mass is 9.77. The smallest absolute Gasteiger partial charge is 0.163 e. The molecule has 0 N–H and O–H groups in total. The maximum atomic E-state index is 12.1. The van der Waals surface area contributed by atoms with Crippen LogP contribution in [0.15, 0.2) is 36.0 Å². The van der Waals surface area contributed by atoms with Gasteiger partial charge in [0.1, 0.15) is 0 Å². The van der Waals surface area contributed by atoms with Gasteiger partial charge in [-0.3, -0.25) is 4.79 Å². The van der Waals surface area contributed by atoms with Crippen molar-refractivity contribution >= 4 is 5.78 Å². The van der Waals surface area contributed by atoms with Crippen molar-refractivity contribution in [3.8, 4) is 0 Å². The van der Waals surface area contributed by atoms with E-state index in [0.717, 1.165) is 17.6 Å². The summed E-state index contributed by atoms with van der Waals surface area (Å²) in [5.41, 5.74) is 2.90. The van der Waals surface area contributed by atoms with Crippen molar-refractivity contribution in [1.82, 2.24) is 0 Å². The van der Waals surface area contributed by atoms with Crippen LogP contribution in [0.2, 0.25) is 0 Å². The standard InChI is InChI=1S/C16H22O2/c1-6-7-16(4,5)15-14-11(9-18-15)8-12(17)13(14)10(2)3/h6,11,15H,1-2,7-9H2,3-5H3/t11-,15-/m0/s1. The normalized spacial score (nSPS) is 27.6. The molecule has 0 bridgehead atoms. The van der Waals surface area contributed by atoms with Gasteiger partial charge in [0.2, 0.25) is 0 Å². The van der Waals surface area contributed by atoms with Gasteiger partial charge in [-0.25, -0.2) is 0 Å². The second kappa shape index (κ2) is 4.51. The van der Waals surface area contributed by atoms with Gasteiger partial charge in [0.15, 0.2) is 5.78 Å². The van der Waals surface area contributed by atoms with E-state index in [1.165, 1.54) is 5.57 Å². The van der Waals surface area contributed by atoms with Crippen LogP contribution in [0.25, 0.3) is 0 Å². The molecule has 1 aliphatic carbocycles. The molecule has 2 heteroatoms. The number of rotatable bonds is 4. The molecule has 0 spiro atoms. The van der Waals surface area contributed by atoms with Gasteiger partial charge in [-0.05, 0) is 29.9 Å². The zero-order valence-corrected chi connectivity index (χ0v) is 11.6. The molecule has 0 aromatic carbocycles. The topological polar surface area (TPSA) is 26.3 Å². The predicted octanol–water partition coefficient (Wildman–Crippen LogP) is 3.45. The van der Waals surface area contributed by atoms with Crippen LogP contribution in [0, 0.1) is 11.3 Å². The first-order valence-corrected chi connectivity index (χ1v) is 6.54. The second-order valence-corrected chi connectivity index (χ2v) is 6.13. The van der Waals surface area contributed by atoms with Crippen LogP contribution in [0.5, 0.6) is 0 Å². The van der Waals surface area contributed by atoms with Crippen molar-refractivity contribution in [1.29, 1.82) is 0 Å². The van der Waals surface area contributed by atoms with Crippen LogP contribution in [0.4, 0.5) is 0 Å². The molecule has 1 aliphatic heterocycles. The maximum absolute atomic E-state index is 12.1. The van der Waals surface area contributed by atoms with Gasteiger partial charge < -0.3 is 4.74 Å². The Morgan fingerprint density at radius 1 is 1.56 bits per heavy atom. The SMILES string of the molecule is C=CCC(C)(C)[C@H]1OC[C@@H]2CC(=O)C(C(=C)C)=C21. The van der Waals surface area contributed by atoms with E-state index in [4.69, 9.17) is 4.74 Å². The molecule has 1 saturated heterocycles. The van der Waals surface area contributed by atoms with E-state index in [1.807, 2.05) is 13.0 Å². The number of carbonyl (C=O) groups is 1. The molecule has 2 aliphatic rings. The Labute approximate surface area is 109 Å². The van der Waals surface area contributed by atoms with Crippen LogP contribution in [-0.4, -0.2) is 18.5 Å². The Hall–Kier alpha value is -1.15. The summed E-state index contributed by atoms with van der Waals surface area (Å²) in [5.74, 6) is 0.517. The van der Waals surface area contributed by atoms with Gasteiger partial charge in [0, 0.05) is 17.9 Å². The van der Waals surface area contributed by atoms with Gasteiger partial charge in [0.05, 0.1) is 12.7 Å². The number of fused-ring (bicyclic) bond motifs is 1. The first-order chi connectivity index (χ1) is 8.38. The van der Waals surface area contributed by atoms with Crippen molar-refractivity contribution in [3.63, 3.8) is 0 Å².